The van der Waals surface area contributed by atoms with E-state index in [0.717, 1.165) is 5.39 Å². The summed E-state index contributed by atoms with van der Waals surface area (Å²) in [4.78, 5) is 26.5. The maximum Gasteiger partial charge on any atom is 0.349 e. The van der Waals surface area contributed by atoms with Crippen molar-refractivity contribution in [1.29, 1.82) is 0 Å². The molecule has 0 aliphatic rings. The third-order valence-electron chi connectivity index (χ3n) is 5.13. The van der Waals surface area contributed by atoms with E-state index in [-0.39, 0.29) is 5.82 Å². The normalized spacial score (nSPS) is 11.8. The quantitative estimate of drug-likeness (QED) is 0.382. The molecule has 1 unspecified atom stereocenters. The lowest BCUT2D eigenvalue weighted by Gasteiger charge is -2.15. The van der Waals surface area contributed by atoms with Crippen molar-refractivity contribution in [3.63, 3.8) is 0 Å². The van der Waals surface area contributed by atoms with Crippen molar-refractivity contribution < 1.29 is 28.2 Å². The molecule has 0 saturated heterocycles. The van der Waals surface area contributed by atoms with Gasteiger partial charge in [0.2, 0.25) is 0 Å². The van der Waals surface area contributed by atoms with Crippen LogP contribution in [0.15, 0.2) is 48.5 Å². The molecular formula is C24H22FN3O5S. The van der Waals surface area contributed by atoms with E-state index in [2.05, 4.69) is 10.4 Å². The van der Waals surface area contributed by atoms with Gasteiger partial charge in [0.05, 0.1) is 31.3 Å². The summed E-state index contributed by atoms with van der Waals surface area (Å²) >= 11 is 1.18. The van der Waals surface area contributed by atoms with Crippen molar-refractivity contribution in [1.82, 2.24) is 9.78 Å². The first-order valence-electron chi connectivity index (χ1n) is 10.3. The predicted octanol–water partition coefficient (Wildman–Crippen LogP) is 4.74. The number of nitrogens with zero attached hydrogens (tertiary/aromatic N) is 2. The molecule has 2 aromatic carbocycles. The lowest BCUT2D eigenvalue weighted by molar-refractivity contribution is -0.123. The Morgan fingerprint density at radius 1 is 1.09 bits per heavy atom. The highest BCUT2D eigenvalue weighted by atomic mass is 32.1. The first kappa shape index (κ1) is 23.2. The number of amides is 1. The van der Waals surface area contributed by atoms with Crippen molar-refractivity contribution in [2.75, 3.05) is 19.5 Å². The van der Waals surface area contributed by atoms with Gasteiger partial charge in [0.1, 0.15) is 27.0 Å². The smallest absolute Gasteiger partial charge is 0.349 e. The second-order valence-corrected chi connectivity index (χ2v) is 8.44. The zero-order valence-electron chi connectivity index (χ0n) is 18.9. The lowest BCUT2D eigenvalue weighted by atomic mass is 10.2. The zero-order chi connectivity index (χ0) is 24.4. The number of methoxy groups -OCH3 is 2. The number of halogens is 1. The Kier molecular flexibility index (Phi) is 6.51. The Bertz CT molecular complexity index is 1360. The first-order chi connectivity index (χ1) is 16.3. The minimum atomic E-state index is -1.07. The molecule has 0 radical (unpaired) electrons. The van der Waals surface area contributed by atoms with E-state index in [1.807, 2.05) is 6.92 Å². The molecule has 34 heavy (non-hydrogen) atoms. The Morgan fingerprint density at radius 2 is 1.82 bits per heavy atom. The number of anilines is 1. The van der Waals surface area contributed by atoms with Gasteiger partial charge in [0, 0.05) is 11.5 Å². The number of hydrogen-bond acceptors (Lipinski definition) is 7. The van der Waals surface area contributed by atoms with Crippen LogP contribution in [0.5, 0.6) is 11.5 Å². The van der Waals surface area contributed by atoms with Crippen LogP contribution in [0.1, 0.15) is 22.3 Å². The number of esters is 1. The van der Waals surface area contributed by atoms with Crippen LogP contribution in [0.2, 0.25) is 0 Å². The number of hydrogen-bond donors (Lipinski definition) is 1. The molecule has 0 fully saturated rings. The molecule has 10 heteroatoms. The molecule has 0 bridgehead atoms. The monoisotopic (exact) mass is 483 g/mol. The van der Waals surface area contributed by atoms with Gasteiger partial charge in [0.25, 0.3) is 5.91 Å². The SMILES string of the molecule is COc1ccc(OC)c(NC(=O)C(C)OC(=O)c2cc3c(C)nn(-c4ccc(F)cc4)c3s2)c1. The highest BCUT2D eigenvalue weighted by molar-refractivity contribution is 7.20. The average Bonchev–Trinajstić information content (AvgIpc) is 3.40. The molecule has 2 aromatic heterocycles. The van der Waals surface area contributed by atoms with Gasteiger partial charge in [-0.15, -0.1) is 11.3 Å². The Hall–Kier alpha value is -3.92. The summed E-state index contributed by atoms with van der Waals surface area (Å²) in [6, 6.07) is 12.6. The van der Waals surface area contributed by atoms with Crippen LogP contribution in [0.25, 0.3) is 15.9 Å². The molecule has 8 nitrogen and oxygen atoms in total. The molecule has 4 aromatic rings. The molecule has 1 amide bonds. The number of aromatic nitrogens is 2. The highest BCUT2D eigenvalue weighted by Crippen LogP contribution is 2.32. The molecule has 1 N–H and O–H groups in total. The minimum absolute atomic E-state index is 0.324. The minimum Gasteiger partial charge on any atom is -0.497 e. The zero-order valence-corrected chi connectivity index (χ0v) is 19.7. The summed E-state index contributed by atoms with van der Waals surface area (Å²) in [5, 5.41) is 7.96. The van der Waals surface area contributed by atoms with Crippen molar-refractivity contribution >= 4 is 39.1 Å². The summed E-state index contributed by atoms with van der Waals surface area (Å²) < 4.78 is 30.8. The van der Waals surface area contributed by atoms with Crippen molar-refractivity contribution in [3.8, 4) is 17.2 Å². The van der Waals surface area contributed by atoms with Gasteiger partial charge in [0.15, 0.2) is 6.10 Å². The van der Waals surface area contributed by atoms with Gasteiger partial charge >= 0.3 is 5.97 Å². The number of benzene rings is 2. The molecule has 0 aliphatic carbocycles. The van der Waals surface area contributed by atoms with Crippen LogP contribution in [0.3, 0.4) is 0 Å². The number of aryl methyl sites for hydroxylation is 1. The van der Waals surface area contributed by atoms with E-state index in [0.29, 0.717) is 38.3 Å². The molecule has 0 aliphatic heterocycles. The van der Waals surface area contributed by atoms with E-state index in [1.54, 1.807) is 41.1 Å². The van der Waals surface area contributed by atoms with E-state index < -0.39 is 18.0 Å². The number of thiophene rings is 1. The topological polar surface area (TPSA) is 91.7 Å². The Morgan fingerprint density at radius 3 is 2.50 bits per heavy atom. The van der Waals surface area contributed by atoms with Crippen LogP contribution in [0.4, 0.5) is 10.1 Å². The largest absolute Gasteiger partial charge is 0.497 e. The van der Waals surface area contributed by atoms with Gasteiger partial charge in [-0.1, -0.05) is 0 Å². The van der Waals surface area contributed by atoms with Gasteiger partial charge in [-0.05, 0) is 56.3 Å². The number of carbonyl (C=O) groups excluding carboxylic acids is 2. The van der Waals surface area contributed by atoms with Gasteiger partial charge in [-0.2, -0.15) is 5.10 Å². The van der Waals surface area contributed by atoms with Crippen LogP contribution in [-0.2, 0) is 9.53 Å². The molecule has 2 heterocycles. The van der Waals surface area contributed by atoms with Crippen LogP contribution < -0.4 is 14.8 Å². The first-order valence-corrected chi connectivity index (χ1v) is 11.1. The Balaban J connectivity index is 1.51. The van der Waals surface area contributed by atoms with E-state index >= 15 is 0 Å². The number of carbonyl (C=O) groups is 2. The van der Waals surface area contributed by atoms with Crippen LogP contribution >= 0.6 is 11.3 Å². The fraction of sp³-hybridized carbons (Fsp3) is 0.208. The predicted molar refractivity (Wildman–Crippen MR) is 127 cm³/mol. The maximum absolute atomic E-state index is 13.3. The summed E-state index contributed by atoms with van der Waals surface area (Å²) in [5.41, 5.74) is 1.78. The molecule has 4 rings (SSSR count). The van der Waals surface area contributed by atoms with Gasteiger partial charge < -0.3 is 19.5 Å². The van der Waals surface area contributed by atoms with E-state index in [9.17, 15) is 14.0 Å². The van der Waals surface area contributed by atoms with Crippen molar-refractivity contribution in [3.05, 3.63) is 64.9 Å². The average molecular weight is 484 g/mol. The van der Waals surface area contributed by atoms with Crippen LogP contribution in [0, 0.1) is 12.7 Å². The fourth-order valence-corrected chi connectivity index (χ4v) is 4.39. The highest BCUT2D eigenvalue weighted by Gasteiger charge is 2.23. The summed E-state index contributed by atoms with van der Waals surface area (Å²) in [7, 11) is 3.00. The molecule has 176 valence electrons. The van der Waals surface area contributed by atoms with Gasteiger partial charge in [-0.3, -0.25) is 4.79 Å². The van der Waals surface area contributed by atoms with Crippen molar-refractivity contribution in [2.45, 2.75) is 20.0 Å². The number of ether oxygens (including phenoxy) is 3. The number of fused-ring (bicyclic) bond motifs is 1. The maximum atomic E-state index is 13.3. The number of rotatable bonds is 7. The second kappa shape index (κ2) is 9.52. The van der Waals surface area contributed by atoms with E-state index in [4.69, 9.17) is 14.2 Å². The third-order valence-corrected chi connectivity index (χ3v) is 6.23. The molecule has 0 saturated carbocycles. The van der Waals surface area contributed by atoms with Gasteiger partial charge in [-0.25, -0.2) is 13.9 Å². The lowest BCUT2D eigenvalue weighted by Crippen LogP contribution is -2.30. The molecule has 1 atom stereocenters. The molecule has 0 spiro atoms. The number of nitrogens with one attached hydrogen (secondary N) is 1. The fourth-order valence-electron chi connectivity index (χ4n) is 3.32. The molecular weight excluding hydrogens is 461 g/mol. The van der Waals surface area contributed by atoms with Crippen molar-refractivity contribution in [2.24, 2.45) is 0 Å². The standard InChI is InChI=1S/C24H22FN3O5S/c1-13-18-12-21(34-23(18)28(27-13)16-7-5-15(25)6-8-16)24(30)33-14(2)22(29)26-19-11-17(31-3)9-10-20(19)32-4/h5-12,14H,1-4H3,(H,26,29). The summed E-state index contributed by atoms with van der Waals surface area (Å²) in [6.45, 7) is 3.31. The van der Waals surface area contributed by atoms with Crippen LogP contribution in [-0.4, -0.2) is 42.0 Å². The summed E-state index contributed by atoms with van der Waals surface area (Å²) in [5.74, 6) is -0.519. The second-order valence-electron chi connectivity index (χ2n) is 7.41. The summed E-state index contributed by atoms with van der Waals surface area (Å²) in [6.07, 6.45) is -1.07. The Labute approximate surface area is 198 Å². The van der Waals surface area contributed by atoms with E-state index in [1.165, 1.54) is 44.6 Å². The third kappa shape index (κ3) is 4.58.